The summed E-state index contributed by atoms with van der Waals surface area (Å²) in [6.07, 6.45) is 0. The van der Waals surface area contributed by atoms with Crippen molar-refractivity contribution < 1.29 is 8.95 Å². The molecule has 1 heterocycles. The van der Waals surface area contributed by atoms with Crippen molar-refractivity contribution in [2.75, 3.05) is 0 Å². The summed E-state index contributed by atoms with van der Waals surface area (Å²) in [5, 5.41) is 0. The first kappa shape index (κ1) is 17.4. The van der Waals surface area contributed by atoms with E-state index in [1.165, 1.54) is 4.90 Å². The van der Waals surface area contributed by atoms with Gasteiger partial charge in [0.2, 0.25) is 0 Å². The molecule has 3 aromatic carbocycles. The average Bonchev–Trinajstić information content (AvgIpc) is 2.62. The van der Waals surface area contributed by atoms with Gasteiger partial charge in [-0.25, -0.2) is 4.21 Å². The van der Waals surface area contributed by atoms with Gasteiger partial charge in [-0.15, -0.1) is 0 Å². The summed E-state index contributed by atoms with van der Waals surface area (Å²) in [5.74, 6) is 0.868. The topological polar surface area (TPSA) is 26.3 Å². The standard InChI is InChI=1S/C22H21O2S2/c1-22(2,3)24-16-12-14-17(15-13-16)25-18-8-4-6-10-20(18)26(23)21-11-7-5-9-19(21)25/h4-15H,1-3H3/q+1. The summed E-state index contributed by atoms with van der Waals surface area (Å²) in [6, 6.07) is 24.5. The molecule has 0 bridgehead atoms. The summed E-state index contributed by atoms with van der Waals surface area (Å²) < 4.78 is 18.9. The van der Waals surface area contributed by atoms with Crippen LogP contribution < -0.4 is 4.74 Å². The quantitative estimate of drug-likeness (QED) is 0.432. The van der Waals surface area contributed by atoms with Crippen molar-refractivity contribution in [1.82, 2.24) is 0 Å². The van der Waals surface area contributed by atoms with E-state index in [4.69, 9.17) is 4.74 Å². The largest absolute Gasteiger partial charge is 0.488 e. The molecular formula is C22H21O2S2+. The summed E-state index contributed by atoms with van der Waals surface area (Å²) in [6.45, 7) is 6.14. The van der Waals surface area contributed by atoms with Gasteiger partial charge in [-0.05, 0) is 69.3 Å². The van der Waals surface area contributed by atoms with Gasteiger partial charge in [0.05, 0.1) is 20.6 Å². The normalized spacial score (nSPS) is 18.7. The van der Waals surface area contributed by atoms with E-state index in [1.807, 2.05) is 69.3 Å². The van der Waals surface area contributed by atoms with Crippen LogP contribution in [-0.4, -0.2) is 9.81 Å². The fraction of sp³-hybridized carbons (Fsp3) is 0.182. The third-order valence-corrected chi connectivity index (χ3v) is 8.13. The van der Waals surface area contributed by atoms with Crippen LogP contribution in [0.5, 0.6) is 5.75 Å². The van der Waals surface area contributed by atoms with Gasteiger partial charge in [0.1, 0.15) is 22.2 Å². The second-order valence-electron chi connectivity index (χ2n) is 7.15. The zero-order valence-electron chi connectivity index (χ0n) is 15.1. The van der Waals surface area contributed by atoms with Gasteiger partial charge in [0.25, 0.3) is 0 Å². The first-order valence-electron chi connectivity index (χ1n) is 8.57. The number of rotatable bonds is 2. The zero-order chi connectivity index (χ0) is 18.3. The molecule has 0 saturated heterocycles. The van der Waals surface area contributed by atoms with Gasteiger partial charge in [-0.1, -0.05) is 24.3 Å². The molecule has 0 saturated carbocycles. The van der Waals surface area contributed by atoms with Crippen LogP contribution in [0, 0.1) is 0 Å². The predicted octanol–water partition coefficient (Wildman–Crippen LogP) is 5.44. The Kier molecular flexibility index (Phi) is 4.41. The van der Waals surface area contributed by atoms with Crippen LogP contribution in [0.15, 0.2) is 97.3 Å². The van der Waals surface area contributed by atoms with E-state index in [-0.39, 0.29) is 16.5 Å². The molecule has 0 unspecified atom stereocenters. The first-order valence-corrected chi connectivity index (χ1v) is 10.9. The van der Waals surface area contributed by atoms with Gasteiger partial charge >= 0.3 is 0 Å². The van der Waals surface area contributed by atoms with Crippen molar-refractivity contribution in [3.8, 4) is 5.75 Å². The number of hydrogen-bond acceptors (Lipinski definition) is 2. The molecule has 0 radical (unpaired) electrons. The number of ether oxygens (including phenoxy) is 1. The highest BCUT2D eigenvalue weighted by atomic mass is 32.2. The molecule has 0 N–H and O–H groups in total. The third-order valence-electron chi connectivity index (χ3n) is 4.02. The summed E-state index contributed by atoms with van der Waals surface area (Å²) in [7, 11) is -1.38. The molecule has 0 amide bonds. The number of fused-ring (bicyclic) bond motifs is 2. The smallest absolute Gasteiger partial charge is 0.183 e. The van der Waals surface area contributed by atoms with Crippen molar-refractivity contribution in [1.29, 1.82) is 0 Å². The lowest BCUT2D eigenvalue weighted by molar-refractivity contribution is 0.131. The maximum absolute atomic E-state index is 13.0. The Balaban J connectivity index is 1.82. The van der Waals surface area contributed by atoms with E-state index >= 15 is 0 Å². The van der Waals surface area contributed by atoms with Crippen molar-refractivity contribution in [3.05, 3.63) is 72.8 Å². The zero-order valence-corrected chi connectivity index (χ0v) is 16.7. The van der Waals surface area contributed by atoms with E-state index in [2.05, 4.69) is 24.3 Å². The molecule has 2 nitrogen and oxygen atoms in total. The highest BCUT2D eigenvalue weighted by Crippen LogP contribution is 2.43. The number of benzene rings is 3. The van der Waals surface area contributed by atoms with Crippen LogP contribution in [0.25, 0.3) is 0 Å². The Bertz CT molecular complexity index is 922. The minimum atomic E-state index is -1.12. The summed E-state index contributed by atoms with van der Waals surface area (Å²) in [4.78, 5) is 5.35. The molecule has 0 fully saturated rings. The van der Waals surface area contributed by atoms with Gasteiger partial charge in [0.15, 0.2) is 14.7 Å². The average molecular weight is 382 g/mol. The Morgan fingerprint density at radius 3 is 1.77 bits per heavy atom. The molecule has 3 aromatic rings. The highest BCUT2D eigenvalue weighted by Gasteiger charge is 2.40. The van der Waals surface area contributed by atoms with Crippen LogP contribution in [-0.2, 0) is 21.7 Å². The molecule has 0 aliphatic carbocycles. The van der Waals surface area contributed by atoms with Gasteiger partial charge in [-0.3, -0.25) is 0 Å². The van der Waals surface area contributed by atoms with E-state index < -0.39 is 10.8 Å². The van der Waals surface area contributed by atoms with E-state index in [0.717, 1.165) is 25.3 Å². The van der Waals surface area contributed by atoms with Crippen LogP contribution >= 0.6 is 0 Å². The molecule has 0 spiro atoms. The molecule has 0 atom stereocenters. The summed E-state index contributed by atoms with van der Waals surface area (Å²) in [5.41, 5.74) is -0.218. The first-order chi connectivity index (χ1) is 12.4. The maximum atomic E-state index is 13.0. The molecule has 4 heteroatoms. The maximum Gasteiger partial charge on any atom is 0.183 e. The Morgan fingerprint density at radius 2 is 1.27 bits per heavy atom. The van der Waals surface area contributed by atoms with Crippen molar-refractivity contribution in [2.45, 2.75) is 50.8 Å². The Morgan fingerprint density at radius 1 is 0.769 bits per heavy atom. The Labute approximate surface area is 160 Å². The van der Waals surface area contributed by atoms with Crippen LogP contribution in [0.1, 0.15) is 20.8 Å². The van der Waals surface area contributed by atoms with E-state index in [1.54, 1.807) is 0 Å². The van der Waals surface area contributed by atoms with Crippen LogP contribution in [0.3, 0.4) is 0 Å². The molecule has 132 valence electrons. The fourth-order valence-corrected chi connectivity index (χ4v) is 7.25. The molecule has 1 aliphatic heterocycles. The molecule has 1 aliphatic rings. The fourth-order valence-electron chi connectivity index (χ4n) is 3.03. The van der Waals surface area contributed by atoms with Crippen LogP contribution in [0.2, 0.25) is 0 Å². The molecular weight excluding hydrogens is 360 g/mol. The second kappa shape index (κ2) is 6.60. The summed E-state index contributed by atoms with van der Waals surface area (Å²) >= 11 is 0. The van der Waals surface area contributed by atoms with E-state index in [9.17, 15) is 4.21 Å². The van der Waals surface area contributed by atoms with E-state index in [0.29, 0.717) is 0 Å². The van der Waals surface area contributed by atoms with Crippen LogP contribution in [0.4, 0.5) is 0 Å². The SMILES string of the molecule is CC(C)(C)Oc1ccc([S+]2c3ccccc3S(=O)c3ccccc32)cc1. The van der Waals surface area contributed by atoms with Gasteiger partial charge < -0.3 is 4.74 Å². The van der Waals surface area contributed by atoms with Crippen molar-refractivity contribution in [3.63, 3.8) is 0 Å². The molecule has 26 heavy (non-hydrogen) atoms. The number of hydrogen-bond donors (Lipinski definition) is 0. The molecule has 4 rings (SSSR count). The minimum absolute atomic E-state index is 0.218. The lowest BCUT2D eigenvalue weighted by Crippen LogP contribution is -2.23. The van der Waals surface area contributed by atoms with Gasteiger partial charge in [0, 0.05) is 0 Å². The highest BCUT2D eigenvalue weighted by molar-refractivity contribution is 7.99. The third kappa shape index (κ3) is 3.19. The lowest BCUT2D eigenvalue weighted by atomic mass is 10.2. The van der Waals surface area contributed by atoms with Crippen molar-refractivity contribution in [2.24, 2.45) is 0 Å². The molecule has 0 aromatic heterocycles. The predicted molar refractivity (Wildman–Crippen MR) is 107 cm³/mol. The minimum Gasteiger partial charge on any atom is -0.488 e. The second-order valence-corrected chi connectivity index (χ2v) is 10.5. The monoisotopic (exact) mass is 381 g/mol. The van der Waals surface area contributed by atoms with Gasteiger partial charge in [-0.2, -0.15) is 0 Å². The Hall–Kier alpha value is -2.04. The lowest BCUT2D eigenvalue weighted by Gasteiger charge is -2.22. The van der Waals surface area contributed by atoms with Crippen molar-refractivity contribution >= 4 is 21.7 Å².